The van der Waals surface area contributed by atoms with E-state index < -0.39 is 0 Å². The topological polar surface area (TPSA) is 92.4 Å². The van der Waals surface area contributed by atoms with Gasteiger partial charge in [-0.3, -0.25) is 4.79 Å². The van der Waals surface area contributed by atoms with E-state index in [-0.39, 0.29) is 35.9 Å². The van der Waals surface area contributed by atoms with Gasteiger partial charge in [0, 0.05) is 69.7 Å². The minimum atomic E-state index is -0.0487. The van der Waals surface area contributed by atoms with Gasteiger partial charge in [-0.1, -0.05) is 18.2 Å². The van der Waals surface area contributed by atoms with Crippen LogP contribution in [0.3, 0.4) is 0 Å². The summed E-state index contributed by atoms with van der Waals surface area (Å²) in [7, 11) is 3.26. The van der Waals surface area contributed by atoms with E-state index in [1.165, 1.54) is 0 Å². The molecule has 40 heavy (non-hydrogen) atoms. The number of amides is 3. The van der Waals surface area contributed by atoms with Gasteiger partial charge in [-0.2, -0.15) is 0 Å². The predicted molar refractivity (Wildman–Crippen MR) is 156 cm³/mol. The van der Waals surface area contributed by atoms with Gasteiger partial charge < -0.3 is 34.6 Å². The zero-order valence-electron chi connectivity index (χ0n) is 24.2. The third-order valence-electron chi connectivity index (χ3n) is 7.66. The highest BCUT2D eigenvalue weighted by Gasteiger charge is 2.38. The predicted octanol–water partition coefficient (Wildman–Crippen LogP) is 4.49. The van der Waals surface area contributed by atoms with Crippen molar-refractivity contribution in [1.29, 1.82) is 0 Å². The molecule has 2 aromatic rings. The molecular formula is C31H44N4O5. The minimum Gasteiger partial charge on any atom is -0.493 e. The number of benzene rings is 2. The molecule has 1 aliphatic heterocycles. The van der Waals surface area contributed by atoms with Gasteiger partial charge in [0.05, 0.1) is 13.7 Å². The summed E-state index contributed by atoms with van der Waals surface area (Å²) in [5.74, 6) is 1.61. The number of para-hydroxylation sites is 1. The van der Waals surface area contributed by atoms with E-state index in [9.17, 15) is 9.59 Å². The summed E-state index contributed by atoms with van der Waals surface area (Å²) in [4.78, 5) is 30.9. The van der Waals surface area contributed by atoms with Crippen LogP contribution in [0.5, 0.6) is 11.5 Å². The summed E-state index contributed by atoms with van der Waals surface area (Å²) in [6.45, 7) is 8.10. The average Bonchev–Trinajstić information content (AvgIpc) is 3.71. The van der Waals surface area contributed by atoms with Gasteiger partial charge in [0.1, 0.15) is 0 Å². The first-order valence-corrected chi connectivity index (χ1v) is 14.3. The molecule has 2 N–H and O–H groups in total. The second-order valence-corrected chi connectivity index (χ2v) is 11.0. The van der Waals surface area contributed by atoms with Crippen LogP contribution < -0.4 is 20.1 Å². The van der Waals surface area contributed by atoms with Crippen molar-refractivity contribution >= 4 is 17.6 Å². The van der Waals surface area contributed by atoms with Gasteiger partial charge >= 0.3 is 6.03 Å². The maximum atomic E-state index is 13.8. The number of hydrogen-bond donors (Lipinski definition) is 2. The van der Waals surface area contributed by atoms with Crippen LogP contribution in [-0.2, 0) is 4.74 Å². The number of anilines is 1. The van der Waals surface area contributed by atoms with Crippen molar-refractivity contribution in [3.8, 4) is 11.5 Å². The third-order valence-corrected chi connectivity index (χ3v) is 7.66. The lowest BCUT2D eigenvalue weighted by atomic mass is 9.94. The molecule has 0 radical (unpaired) electrons. The van der Waals surface area contributed by atoms with E-state index in [2.05, 4.69) is 10.6 Å². The third kappa shape index (κ3) is 7.88. The second kappa shape index (κ2) is 14.4. The molecule has 2 unspecified atom stereocenters. The first-order chi connectivity index (χ1) is 19.4. The maximum Gasteiger partial charge on any atom is 0.322 e. The number of ether oxygens (including phenoxy) is 3. The van der Waals surface area contributed by atoms with Gasteiger partial charge in [0.2, 0.25) is 0 Å². The lowest BCUT2D eigenvalue weighted by Gasteiger charge is -2.33. The van der Waals surface area contributed by atoms with Crippen LogP contribution in [0, 0.1) is 11.8 Å². The summed E-state index contributed by atoms with van der Waals surface area (Å²) in [5, 5.41) is 6.57. The van der Waals surface area contributed by atoms with Crippen molar-refractivity contribution in [2.75, 3.05) is 58.9 Å². The van der Waals surface area contributed by atoms with Crippen LogP contribution in [0.15, 0.2) is 48.5 Å². The Kier molecular flexibility index (Phi) is 10.7. The van der Waals surface area contributed by atoms with E-state index in [1.54, 1.807) is 32.4 Å². The lowest BCUT2D eigenvalue weighted by molar-refractivity contribution is 0.0653. The Morgan fingerprint density at radius 1 is 0.975 bits per heavy atom. The Morgan fingerprint density at radius 3 is 2.35 bits per heavy atom. The van der Waals surface area contributed by atoms with Crippen molar-refractivity contribution in [1.82, 2.24) is 15.1 Å². The Balaban J connectivity index is 1.43. The Bertz CT molecular complexity index is 1110. The highest BCUT2D eigenvalue weighted by atomic mass is 16.5. The van der Waals surface area contributed by atoms with Gasteiger partial charge in [-0.25, -0.2) is 4.79 Å². The quantitative estimate of drug-likeness (QED) is 0.336. The summed E-state index contributed by atoms with van der Waals surface area (Å²) >= 11 is 0. The van der Waals surface area contributed by atoms with Gasteiger partial charge in [0.25, 0.3) is 5.91 Å². The first kappa shape index (κ1) is 29.7. The molecule has 218 valence electrons. The van der Waals surface area contributed by atoms with E-state index in [1.807, 2.05) is 54.0 Å². The number of carbonyl (C=O) groups is 2. The van der Waals surface area contributed by atoms with Gasteiger partial charge in [0.15, 0.2) is 11.5 Å². The molecular weight excluding hydrogens is 508 g/mol. The fourth-order valence-electron chi connectivity index (χ4n) is 5.22. The number of carbonyl (C=O) groups excluding carboxylic acids is 2. The number of nitrogens with zero attached hydrogens (tertiary/aromatic N) is 2. The number of methoxy groups -OCH3 is 2. The Morgan fingerprint density at radius 2 is 1.70 bits per heavy atom. The number of urea groups is 1. The standard InChI is InChI=1S/C31H44N4O5/c1-22(2)34(30(36)23-11-14-28(39-4)29(17-23)40-16-8-15-38-3)20-24-18-32-19-25(24)21-35(27-12-13-27)31(37)33-26-9-6-5-7-10-26/h5-7,9-11,14,17,22,24-25,27,32H,8,12-13,15-16,18-21H2,1-4H3,(H,33,37). The fraction of sp³-hybridized carbons (Fsp3) is 0.548. The van der Waals surface area contributed by atoms with Crippen LogP contribution in [0.1, 0.15) is 43.5 Å². The highest BCUT2D eigenvalue weighted by Crippen LogP contribution is 2.32. The molecule has 0 spiro atoms. The van der Waals surface area contributed by atoms with Crippen molar-refractivity contribution in [3.63, 3.8) is 0 Å². The van der Waals surface area contributed by atoms with Crippen molar-refractivity contribution in [2.45, 2.75) is 45.2 Å². The molecule has 9 nitrogen and oxygen atoms in total. The molecule has 2 atom stereocenters. The molecule has 1 aliphatic carbocycles. The average molecular weight is 553 g/mol. The molecule has 1 saturated heterocycles. The van der Waals surface area contributed by atoms with E-state index in [0.29, 0.717) is 43.4 Å². The molecule has 2 aliphatic rings. The summed E-state index contributed by atoms with van der Waals surface area (Å²) < 4.78 is 16.5. The van der Waals surface area contributed by atoms with E-state index in [0.717, 1.165) is 38.0 Å². The zero-order chi connectivity index (χ0) is 28.5. The molecule has 1 saturated carbocycles. The molecule has 4 rings (SSSR count). The smallest absolute Gasteiger partial charge is 0.322 e. The number of rotatable bonds is 14. The Labute approximate surface area is 238 Å². The van der Waals surface area contributed by atoms with Crippen LogP contribution in [-0.4, -0.2) is 87.4 Å². The maximum absolute atomic E-state index is 13.8. The molecule has 1 heterocycles. The Hall–Kier alpha value is -3.30. The van der Waals surface area contributed by atoms with E-state index in [4.69, 9.17) is 14.2 Å². The minimum absolute atomic E-state index is 0.0165. The normalized spacial score (nSPS) is 18.4. The summed E-state index contributed by atoms with van der Waals surface area (Å²) in [6, 6.07) is 15.2. The van der Waals surface area contributed by atoms with Crippen LogP contribution in [0.2, 0.25) is 0 Å². The van der Waals surface area contributed by atoms with E-state index >= 15 is 0 Å². The number of hydrogen-bond acceptors (Lipinski definition) is 6. The molecule has 3 amide bonds. The molecule has 9 heteroatoms. The SMILES string of the molecule is COCCCOc1cc(C(=O)N(CC2CNCC2CN(C(=O)Nc2ccccc2)C2CC2)C(C)C)ccc1OC. The van der Waals surface area contributed by atoms with Gasteiger partial charge in [-0.15, -0.1) is 0 Å². The van der Waals surface area contributed by atoms with Crippen LogP contribution >= 0.6 is 0 Å². The van der Waals surface area contributed by atoms with Crippen LogP contribution in [0.4, 0.5) is 10.5 Å². The molecule has 2 aromatic carbocycles. The fourth-order valence-corrected chi connectivity index (χ4v) is 5.22. The zero-order valence-corrected chi connectivity index (χ0v) is 24.2. The highest BCUT2D eigenvalue weighted by molar-refractivity contribution is 5.95. The van der Waals surface area contributed by atoms with Gasteiger partial charge in [-0.05, 0) is 68.9 Å². The summed E-state index contributed by atoms with van der Waals surface area (Å²) in [6.07, 6.45) is 2.82. The first-order valence-electron chi connectivity index (χ1n) is 14.3. The monoisotopic (exact) mass is 552 g/mol. The van der Waals surface area contributed by atoms with Crippen molar-refractivity contribution < 1.29 is 23.8 Å². The second-order valence-electron chi connectivity index (χ2n) is 11.0. The summed E-state index contributed by atoms with van der Waals surface area (Å²) in [5.41, 5.74) is 1.37. The largest absolute Gasteiger partial charge is 0.493 e. The molecule has 0 aromatic heterocycles. The number of nitrogens with one attached hydrogen (secondary N) is 2. The van der Waals surface area contributed by atoms with Crippen LogP contribution in [0.25, 0.3) is 0 Å². The van der Waals surface area contributed by atoms with Crippen molar-refractivity contribution in [3.05, 3.63) is 54.1 Å². The molecule has 2 fully saturated rings. The molecule has 0 bridgehead atoms. The van der Waals surface area contributed by atoms with Crippen molar-refractivity contribution in [2.24, 2.45) is 11.8 Å². The lowest BCUT2D eigenvalue weighted by Crippen LogP contribution is -2.45.